The molecule has 2 heterocycles. The Kier molecular flexibility index (Phi) is 0.943. The standard InChI is InChI=1S/C6H4FN3/c7-10-6-1-2-8-3-5(6)4-9-10/h1-4H. The van der Waals surface area contributed by atoms with Crippen molar-refractivity contribution < 1.29 is 4.48 Å². The van der Waals surface area contributed by atoms with Crippen molar-refractivity contribution in [1.29, 1.82) is 0 Å². The Morgan fingerprint density at radius 3 is 3.10 bits per heavy atom. The van der Waals surface area contributed by atoms with Gasteiger partial charge in [0.25, 0.3) is 0 Å². The Bertz CT molecular complexity index is 355. The van der Waals surface area contributed by atoms with E-state index in [2.05, 4.69) is 10.1 Å². The van der Waals surface area contributed by atoms with Gasteiger partial charge in [0, 0.05) is 17.8 Å². The second-order valence-corrected chi connectivity index (χ2v) is 1.94. The van der Waals surface area contributed by atoms with E-state index in [1.807, 2.05) is 0 Å². The molecule has 0 spiro atoms. The number of rotatable bonds is 0. The minimum Gasteiger partial charge on any atom is -0.264 e. The van der Waals surface area contributed by atoms with E-state index in [4.69, 9.17) is 0 Å². The summed E-state index contributed by atoms with van der Waals surface area (Å²) in [6.45, 7) is 0. The molecule has 0 amide bonds. The molecule has 0 N–H and O–H groups in total. The molecular formula is C6H4FN3. The van der Waals surface area contributed by atoms with Crippen molar-refractivity contribution in [3.63, 3.8) is 0 Å². The number of hydrogen-bond donors (Lipinski definition) is 0. The molecule has 0 unspecified atom stereocenters. The number of aromatic nitrogens is 3. The van der Waals surface area contributed by atoms with Gasteiger partial charge in [0.1, 0.15) is 5.52 Å². The van der Waals surface area contributed by atoms with Crippen LogP contribution in [0.2, 0.25) is 0 Å². The van der Waals surface area contributed by atoms with Gasteiger partial charge in [-0.3, -0.25) is 4.98 Å². The van der Waals surface area contributed by atoms with E-state index >= 15 is 0 Å². The molecule has 0 radical (unpaired) electrons. The molecule has 0 saturated heterocycles. The maximum absolute atomic E-state index is 12.5. The third-order valence-electron chi connectivity index (χ3n) is 1.32. The van der Waals surface area contributed by atoms with E-state index in [1.165, 1.54) is 12.4 Å². The molecule has 0 aliphatic heterocycles. The van der Waals surface area contributed by atoms with Crippen molar-refractivity contribution in [2.75, 3.05) is 0 Å². The number of fused-ring (bicyclic) bond motifs is 1. The van der Waals surface area contributed by atoms with Crippen molar-refractivity contribution in [1.82, 2.24) is 15.0 Å². The van der Waals surface area contributed by atoms with Crippen molar-refractivity contribution >= 4 is 10.9 Å². The quantitative estimate of drug-likeness (QED) is 0.545. The van der Waals surface area contributed by atoms with Gasteiger partial charge in [-0.2, -0.15) is 0 Å². The molecule has 0 saturated carbocycles. The molecule has 50 valence electrons. The number of halogens is 1. The highest BCUT2D eigenvalue weighted by atomic mass is 19.2. The summed E-state index contributed by atoms with van der Waals surface area (Å²) in [5, 5.41) is 4.12. The molecule has 0 atom stereocenters. The zero-order valence-electron chi connectivity index (χ0n) is 5.03. The van der Waals surface area contributed by atoms with Crippen LogP contribution >= 0.6 is 0 Å². The number of hydrogen-bond acceptors (Lipinski definition) is 2. The highest BCUT2D eigenvalue weighted by molar-refractivity contribution is 5.76. The molecule has 2 aromatic rings. The summed E-state index contributed by atoms with van der Waals surface area (Å²) in [4.78, 5) is 4.14. The zero-order valence-corrected chi connectivity index (χ0v) is 5.03. The number of nitrogens with zero attached hydrogens (tertiary/aromatic N) is 3. The van der Waals surface area contributed by atoms with Crippen molar-refractivity contribution in [2.45, 2.75) is 0 Å². The first kappa shape index (κ1) is 5.34. The highest BCUT2D eigenvalue weighted by Gasteiger charge is 1.97. The van der Waals surface area contributed by atoms with Gasteiger partial charge < -0.3 is 0 Å². The van der Waals surface area contributed by atoms with Gasteiger partial charge in [-0.05, 0) is 6.07 Å². The van der Waals surface area contributed by atoms with Crippen LogP contribution in [0.15, 0.2) is 24.7 Å². The highest BCUT2D eigenvalue weighted by Crippen LogP contribution is 2.09. The molecule has 10 heavy (non-hydrogen) atoms. The van der Waals surface area contributed by atoms with Crippen LogP contribution in [0.25, 0.3) is 10.9 Å². The monoisotopic (exact) mass is 137 g/mol. The lowest BCUT2D eigenvalue weighted by Crippen LogP contribution is -1.81. The molecule has 0 bridgehead atoms. The summed E-state index contributed by atoms with van der Waals surface area (Å²) in [5.41, 5.74) is 0.454. The fourth-order valence-corrected chi connectivity index (χ4v) is 0.842. The third kappa shape index (κ3) is 0.586. The summed E-state index contributed by atoms with van der Waals surface area (Å²) < 4.78 is 12.5. The first-order chi connectivity index (χ1) is 4.88. The molecule has 4 heteroatoms. The summed E-state index contributed by atoms with van der Waals surface area (Å²) in [7, 11) is 0. The fraction of sp³-hybridized carbons (Fsp3) is 0. The van der Waals surface area contributed by atoms with E-state index in [9.17, 15) is 4.48 Å². The van der Waals surface area contributed by atoms with E-state index in [1.54, 1.807) is 12.3 Å². The minimum absolute atomic E-state index is 0.330. The van der Waals surface area contributed by atoms with E-state index in [0.717, 1.165) is 0 Å². The zero-order chi connectivity index (χ0) is 6.97. The topological polar surface area (TPSA) is 30.7 Å². The summed E-state index contributed by atoms with van der Waals surface area (Å²) >= 11 is 0. The lowest BCUT2D eigenvalue weighted by atomic mass is 10.3. The summed E-state index contributed by atoms with van der Waals surface area (Å²) in [6.07, 6.45) is 4.53. The molecule has 0 fully saturated rings. The van der Waals surface area contributed by atoms with Crippen LogP contribution in [0, 0.1) is 0 Å². The van der Waals surface area contributed by atoms with Gasteiger partial charge in [-0.15, -0.1) is 5.10 Å². The van der Waals surface area contributed by atoms with Crippen molar-refractivity contribution in [2.24, 2.45) is 0 Å². The van der Waals surface area contributed by atoms with Crippen LogP contribution < -0.4 is 0 Å². The third-order valence-corrected chi connectivity index (χ3v) is 1.32. The Hall–Kier alpha value is -1.45. The Labute approximate surface area is 56.0 Å². The molecule has 2 aromatic heterocycles. The van der Waals surface area contributed by atoms with Crippen molar-refractivity contribution in [3.8, 4) is 0 Å². The molecular weight excluding hydrogens is 133 g/mol. The normalized spacial score (nSPS) is 10.5. The Balaban J connectivity index is 2.93. The van der Waals surface area contributed by atoms with Crippen molar-refractivity contribution in [3.05, 3.63) is 24.7 Å². The first-order valence-electron chi connectivity index (χ1n) is 2.82. The van der Waals surface area contributed by atoms with Crippen LogP contribution in [0.3, 0.4) is 0 Å². The lowest BCUT2D eigenvalue weighted by molar-refractivity contribution is 0.332. The van der Waals surface area contributed by atoms with Crippen LogP contribution in [-0.2, 0) is 0 Å². The predicted octanol–water partition coefficient (Wildman–Crippen LogP) is 1.16. The van der Waals surface area contributed by atoms with Gasteiger partial charge in [-0.25, -0.2) is 0 Å². The maximum atomic E-state index is 12.5. The van der Waals surface area contributed by atoms with Gasteiger partial charge in [0.15, 0.2) is 0 Å². The first-order valence-corrected chi connectivity index (χ1v) is 2.82. The SMILES string of the molecule is Fn1ncc2cnccc21. The Morgan fingerprint density at radius 2 is 2.30 bits per heavy atom. The second kappa shape index (κ2) is 1.76. The lowest BCUT2D eigenvalue weighted by Gasteiger charge is -1.85. The molecule has 0 aliphatic rings. The number of pyridine rings is 1. The molecule has 3 nitrogen and oxygen atoms in total. The molecule has 0 aliphatic carbocycles. The molecule has 2 rings (SSSR count). The largest absolute Gasteiger partial charge is 0.264 e. The van der Waals surface area contributed by atoms with Gasteiger partial charge in [-0.1, -0.05) is 9.39 Å². The van der Waals surface area contributed by atoms with Gasteiger partial charge in [0.2, 0.25) is 0 Å². The summed E-state index contributed by atoms with van der Waals surface area (Å²) in [6, 6.07) is 1.57. The maximum Gasteiger partial charge on any atom is 0.107 e. The second-order valence-electron chi connectivity index (χ2n) is 1.94. The van der Waals surface area contributed by atoms with Gasteiger partial charge >= 0.3 is 0 Å². The summed E-state index contributed by atoms with van der Waals surface area (Å²) in [5.74, 6) is 0. The average molecular weight is 137 g/mol. The average Bonchev–Trinajstić information content (AvgIpc) is 2.34. The van der Waals surface area contributed by atoms with Crippen LogP contribution in [0.5, 0.6) is 0 Å². The van der Waals surface area contributed by atoms with Crippen LogP contribution in [-0.4, -0.2) is 15.0 Å². The van der Waals surface area contributed by atoms with E-state index < -0.39 is 0 Å². The predicted molar refractivity (Wildman–Crippen MR) is 34.0 cm³/mol. The van der Waals surface area contributed by atoms with Crippen LogP contribution in [0.4, 0.5) is 4.48 Å². The fourth-order valence-electron chi connectivity index (χ4n) is 0.842. The molecule has 0 aromatic carbocycles. The van der Waals surface area contributed by atoms with Gasteiger partial charge in [0.05, 0.1) is 6.20 Å². The van der Waals surface area contributed by atoms with E-state index in [0.29, 0.717) is 15.8 Å². The smallest absolute Gasteiger partial charge is 0.107 e. The van der Waals surface area contributed by atoms with Crippen LogP contribution in [0.1, 0.15) is 0 Å². The van der Waals surface area contributed by atoms with E-state index in [-0.39, 0.29) is 0 Å². The Morgan fingerprint density at radius 1 is 1.40 bits per heavy atom. The minimum atomic E-state index is 0.330.